The minimum absolute atomic E-state index is 0.321. The van der Waals surface area contributed by atoms with Gasteiger partial charge in [-0.15, -0.1) is 0 Å². The Hall–Kier alpha value is -1.88. The van der Waals surface area contributed by atoms with Crippen LogP contribution in [0.25, 0.3) is 0 Å². The summed E-state index contributed by atoms with van der Waals surface area (Å²) in [5.74, 6) is 0.358. The van der Waals surface area contributed by atoms with E-state index in [1.807, 2.05) is 20.8 Å². The van der Waals surface area contributed by atoms with E-state index < -0.39 is 11.1 Å². The van der Waals surface area contributed by atoms with Crippen molar-refractivity contribution >= 4 is 12.1 Å². The van der Waals surface area contributed by atoms with E-state index in [1.165, 1.54) is 5.01 Å². The molecule has 0 aromatic heterocycles. The highest BCUT2D eigenvalue weighted by atomic mass is 16.5. The summed E-state index contributed by atoms with van der Waals surface area (Å²) in [6.07, 6.45) is 1.91. The van der Waals surface area contributed by atoms with Gasteiger partial charge in [0.2, 0.25) is 0 Å². The summed E-state index contributed by atoms with van der Waals surface area (Å²) in [5, 5.41) is 16.0. The van der Waals surface area contributed by atoms with Crippen LogP contribution in [0.5, 0.6) is 5.75 Å². The maximum Gasteiger partial charge on any atom is 0.276 e. The lowest BCUT2D eigenvalue weighted by molar-refractivity contribution is -0.143. The van der Waals surface area contributed by atoms with Crippen molar-refractivity contribution in [1.82, 2.24) is 5.01 Å². The molecule has 20 heavy (non-hydrogen) atoms. The molecule has 0 unspecified atom stereocenters. The Morgan fingerprint density at radius 2 is 1.95 bits per heavy atom. The fourth-order valence-corrected chi connectivity index (χ4v) is 2.13. The number of hydrazone groups is 1. The van der Waals surface area contributed by atoms with Crippen LogP contribution in [0.3, 0.4) is 0 Å². The summed E-state index contributed by atoms with van der Waals surface area (Å²) in [6.45, 7) is 5.65. The zero-order valence-electron chi connectivity index (χ0n) is 12.3. The lowest BCUT2D eigenvalue weighted by atomic mass is 9.81. The summed E-state index contributed by atoms with van der Waals surface area (Å²) in [4.78, 5) is 12.5. The number of hydrogen-bond donors (Lipinski definition) is 1. The topological polar surface area (TPSA) is 62.1 Å². The van der Waals surface area contributed by atoms with Gasteiger partial charge in [0.1, 0.15) is 5.75 Å². The van der Waals surface area contributed by atoms with Crippen LogP contribution in [0.1, 0.15) is 37.6 Å². The first kappa shape index (κ1) is 14.5. The molecule has 1 aromatic carbocycles. The molecule has 5 heteroatoms. The van der Waals surface area contributed by atoms with E-state index in [9.17, 15) is 9.90 Å². The van der Waals surface area contributed by atoms with Crippen molar-refractivity contribution in [1.29, 1.82) is 0 Å². The summed E-state index contributed by atoms with van der Waals surface area (Å²) in [7, 11) is 1.57. The van der Waals surface area contributed by atoms with Crippen LogP contribution in [0, 0.1) is 5.41 Å². The first-order valence-electron chi connectivity index (χ1n) is 6.53. The van der Waals surface area contributed by atoms with Crippen LogP contribution in [0.15, 0.2) is 29.4 Å². The summed E-state index contributed by atoms with van der Waals surface area (Å²) in [6, 6.07) is 6.75. The molecule has 0 spiro atoms. The summed E-state index contributed by atoms with van der Waals surface area (Å²) >= 11 is 0. The average Bonchev–Trinajstić information content (AvgIpc) is 2.81. The molecule has 1 heterocycles. The Morgan fingerprint density at radius 1 is 1.35 bits per heavy atom. The number of ether oxygens (including phenoxy) is 1. The first-order chi connectivity index (χ1) is 9.29. The van der Waals surface area contributed by atoms with Crippen LogP contribution >= 0.6 is 0 Å². The van der Waals surface area contributed by atoms with Crippen LogP contribution < -0.4 is 4.74 Å². The predicted octanol–water partition coefficient (Wildman–Crippen LogP) is 2.26. The lowest BCUT2D eigenvalue weighted by Gasteiger charge is -2.41. The number of rotatable bonds is 2. The van der Waals surface area contributed by atoms with Crippen molar-refractivity contribution in [3.8, 4) is 5.75 Å². The van der Waals surface area contributed by atoms with E-state index in [4.69, 9.17) is 4.74 Å². The number of benzene rings is 1. The van der Waals surface area contributed by atoms with Gasteiger partial charge in [0.05, 0.1) is 7.11 Å². The Bertz CT molecular complexity index is 531. The molecule has 0 saturated carbocycles. The SMILES string of the molecule is COc1ccc(C(=O)N2N=CC[C@@]2(O)C(C)(C)C)cc1. The smallest absolute Gasteiger partial charge is 0.276 e. The van der Waals surface area contributed by atoms with Gasteiger partial charge in [-0.3, -0.25) is 4.79 Å². The van der Waals surface area contributed by atoms with E-state index in [0.29, 0.717) is 17.7 Å². The molecule has 0 aliphatic carbocycles. The third kappa shape index (κ3) is 2.29. The maximum absolute atomic E-state index is 12.5. The number of aliphatic hydroxyl groups is 1. The van der Waals surface area contributed by atoms with Gasteiger partial charge in [0.15, 0.2) is 5.72 Å². The highest BCUT2D eigenvalue weighted by Gasteiger charge is 2.50. The molecule has 2 rings (SSSR count). The monoisotopic (exact) mass is 276 g/mol. The molecule has 0 saturated heterocycles. The number of carbonyl (C=O) groups is 1. The molecule has 1 aromatic rings. The molecule has 1 N–H and O–H groups in total. The van der Waals surface area contributed by atoms with E-state index in [0.717, 1.165) is 0 Å². The molecule has 1 amide bonds. The van der Waals surface area contributed by atoms with Gasteiger partial charge in [0.25, 0.3) is 5.91 Å². The second kappa shape index (κ2) is 4.90. The van der Waals surface area contributed by atoms with Crippen molar-refractivity contribution in [2.45, 2.75) is 32.9 Å². The van der Waals surface area contributed by atoms with Gasteiger partial charge < -0.3 is 9.84 Å². The molecule has 0 bridgehead atoms. The number of hydrogen-bond acceptors (Lipinski definition) is 4. The zero-order valence-corrected chi connectivity index (χ0v) is 12.3. The highest BCUT2D eigenvalue weighted by Crippen LogP contribution is 2.39. The highest BCUT2D eigenvalue weighted by molar-refractivity contribution is 5.95. The zero-order chi connectivity index (χ0) is 15.0. The van der Waals surface area contributed by atoms with Crippen LogP contribution in [-0.2, 0) is 0 Å². The molecule has 1 atom stereocenters. The van der Waals surface area contributed by atoms with Gasteiger partial charge in [0, 0.05) is 23.6 Å². The Kier molecular flexibility index (Phi) is 3.56. The third-order valence-electron chi connectivity index (χ3n) is 3.65. The van der Waals surface area contributed by atoms with Gasteiger partial charge in [-0.2, -0.15) is 10.1 Å². The number of carbonyl (C=O) groups excluding carboxylic acids is 1. The lowest BCUT2D eigenvalue weighted by Crippen LogP contribution is -2.54. The minimum atomic E-state index is -1.30. The molecule has 108 valence electrons. The van der Waals surface area contributed by atoms with Crippen molar-refractivity contribution in [3.63, 3.8) is 0 Å². The number of nitrogens with zero attached hydrogens (tertiary/aromatic N) is 2. The van der Waals surface area contributed by atoms with E-state index in [1.54, 1.807) is 37.6 Å². The molecule has 0 fully saturated rings. The second-order valence-corrected chi connectivity index (χ2v) is 5.91. The van der Waals surface area contributed by atoms with Crippen LogP contribution in [-0.4, -0.2) is 35.1 Å². The molecule has 0 radical (unpaired) electrons. The quantitative estimate of drug-likeness (QED) is 0.901. The minimum Gasteiger partial charge on any atom is -0.497 e. The summed E-state index contributed by atoms with van der Waals surface area (Å²) in [5.41, 5.74) is -1.33. The van der Waals surface area contributed by atoms with Gasteiger partial charge in [-0.1, -0.05) is 20.8 Å². The van der Waals surface area contributed by atoms with Gasteiger partial charge >= 0.3 is 0 Å². The van der Waals surface area contributed by atoms with Crippen LogP contribution in [0.2, 0.25) is 0 Å². The molecule has 1 aliphatic rings. The number of methoxy groups -OCH3 is 1. The van der Waals surface area contributed by atoms with Gasteiger partial charge in [-0.25, -0.2) is 0 Å². The largest absolute Gasteiger partial charge is 0.497 e. The average molecular weight is 276 g/mol. The molecule has 1 aliphatic heterocycles. The molecule has 5 nitrogen and oxygen atoms in total. The third-order valence-corrected chi connectivity index (χ3v) is 3.65. The van der Waals surface area contributed by atoms with Crippen molar-refractivity contribution in [2.75, 3.05) is 7.11 Å². The predicted molar refractivity (Wildman–Crippen MR) is 76.7 cm³/mol. The Labute approximate surface area is 118 Å². The van der Waals surface area contributed by atoms with E-state index >= 15 is 0 Å². The van der Waals surface area contributed by atoms with Crippen LogP contribution in [0.4, 0.5) is 0 Å². The van der Waals surface area contributed by atoms with E-state index in [-0.39, 0.29) is 5.91 Å². The molecular formula is C15H20N2O3. The maximum atomic E-state index is 12.5. The van der Waals surface area contributed by atoms with E-state index in [2.05, 4.69) is 5.10 Å². The van der Waals surface area contributed by atoms with Crippen molar-refractivity contribution in [2.24, 2.45) is 10.5 Å². The fourth-order valence-electron chi connectivity index (χ4n) is 2.13. The first-order valence-corrected chi connectivity index (χ1v) is 6.53. The van der Waals surface area contributed by atoms with Crippen molar-refractivity contribution in [3.05, 3.63) is 29.8 Å². The second-order valence-electron chi connectivity index (χ2n) is 5.91. The van der Waals surface area contributed by atoms with Crippen molar-refractivity contribution < 1.29 is 14.6 Å². The Balaban J connectivity index is 2.30. The number of amides is 1. The summed E-state index contributed by atoms with van der Waals surface area (Å²) < 4.78 is 5.07. The van der Waals surface area contributed by atoms with Gasteiger partial charge in [-0.05, 0) is 24.3 Å². The normalized spacial score (nSPS) is 22.1. The fraction of sp³-hybridized carbons (Fsp3) is 0.467. The Morgan fingerprint density at radius 3 is 2.45 bits per heavy atom. The molecular weight excluding hydrogens is 256 g/mol. The standard InChI is InChI=1S/C15H20N2O3/c1-14(2,3)15(19)9-10-16-17(15)13(18)11-5-7-12(20-4)8-6-11/h5-8,10,19H,9H2,1-4H3/t15-/m1/s1.